The Balaban J connectivity index is 2.57. The molecule has 1 N–H and O–H groups in total. The third-order valence-corrected chi connectivity index (χ3v) is 3.12. The summed E-state index contributed by atoms with van der Waals surface area (Å²) >= 11 is 0. The number of amides is 1. The van der Waals surface area contributed by atoms with E-state index in [0.29, 0.717) is 11.9 Å². The molecule has 0 spiro atoms. The van der Waals surface area contributed by atoms with Gasteiger partial charge in [0, 0.05) is 31.6 Å². The molecule has 0 aromatic rings. The zero-order chi connectivity index (χ0) is 10.6. The smallest absolute Gasteiger partial charge is 0.225 e. The maximum atomic E-state index is 12.1. The zero-order valence-electron chi connectivity index (χ0n) is 9.55. The van der Waals surface area contributed by atoms with E-state index < -0.39 is 0 Å². The second-order valence-electron chi connectivity index (χ2n) is 4.10. The maximum Gasteiger partial charge on any atom is 0.225 e. The van der Waals surface area contributed by atoms with Crippen LogP contribution in [0.5, 0.6) is 0 Å². The minimum absolute atomic E-state index is 0.232. The first-order valence-electron chi connectivity index (χ1n) is 5.71. The van der Waals surface area contributed by atoms with Crippen LogP contribution in [0, 0.1) is 5.92 Å². The van der Waals surface area contributed by atoms with E-state index in [2.05, 4.69) is 26.1 Å². The standard InChI is InChI=1S/C11H22N2O/c1-4-10(5-2)11(14)13-7-6-12-8-9(13)3/h9-10,12H,4-8H2,1-3H3/t9-/m0/s1. The Morgan fingerprint density at radius 3 is 2.64 bits per heavy atom. The molecule has 1 rings (SSSR count). The lowest BCUT2D eigenvalue weighted by atomic mass is 10.0. The molecule has 1 fully saturated rings. The van der Waals surface area contributed by atoms with Crippen molar-refractivity contribution in [3.05, 3.63) is 0 Å². The summed E-state index contributed by atoms with van der Waals surface area (Å²) in [6, 6.07) is 0.358. The molecule has 1 aliphatic rings. The SMILES string of the molecule is CCC(CC)C(=O)N1CCNC[C@@H]1C. The maximum absolute atomic E-state index is 12.1. The summed E-state index contributed by atoms with van der Waals surface area (Å²) in [6.45, 7) is 9.06. The first kappa shape index (κ1) is 11.5. The largest absolute Gasteiger partial charge is 0.337 e. The monoisotopic (exact) mass is 198 g/mol. The number of piperazine rings is 1. The second-order valence-corrected chi connectivity index (χ2v) is 4.10. The van der Waals surface area contributed by atoms with E-state index in [9.17, 15) is 4.79 Å². The first-order valence-corrected chi connectivity index (χ1v) is 5.71. The molecule has 1 aliphatic heterocycles. The molecular weight excluding hydrogens is 176 g/mol. The number of carbonyl (C=O) groups excluding carboxylic acids is 1. The van der Waals surface area contributed by atoms with Crippen LogP contribution in [0.25, 0.3) is 0 Å². The number of hydrogen-bond acceptors (Lipinski definition) is 2. The van der Waals surface area contributed by atoms with E-state index in [4.69, 9.17) is 0 Å². The number of hydrogen-bond donors (Lipinski definition) is 1. The van der Waals surface area contributed by atoms with Gasteiger partial charge >= 0.3 is 0 Å². The summed E-state index contributed by atoms with van der Waals surface area (Å²) in [5.41, 5.74) is 0. The highest BCUT2D eigenvalue weighted by Crippen LogP contribution is 2.14. The van der Waals surface area contributed by atoms with E-state index in [1.165, 1.54) is 0 Å². The number of rotatable bonds is 3. The van der Waals surface area contributed by atoms with Crippen LogP contribution in [0.1, 0.15) is 33.6 Å². The van der Waals surface area contributed by atoms with Gasteiger partial charge in [0.25, 0.3) is 0 Å². The van der Waals surface area contributed by atoms with E-state index in [-0.39, 0.29) is 5.92 Å². The van der Waals surface area contributed by atoms with Gasteiger partial charge in [-0.1, -0.05) is 13.8 Å². The van der Waals surface area contributed by atoms with Crippen LogP contribution in [-0.4, -0.2) is 36.5 Å². The summed E-state index contributed by atoms with van der Waals surface area (Å²) in [4.78, 5) is 14.1. The highest BCUT2D eigenvalue weighted by molar-refractivity contribution is 5.79. The number of carbonyl (C=O) groups is 1. The van der Waals surface area contributed by atoms with Gasteiger partial charge in [-0.2, -0.15) is 0 Å². The van der Waals surface area contributed by atoms with Crippen LogP contribution in [0.4, 0.5) is 0 Å². The molecule has 0 aromatic carbocycles. The molecule has 1 saturated heterocycles. The molecule has 1 amide bonds. The van der Waals surface area contributed by atoms with Gasteiger partial charge in [0.15, 0.2) is 0 Å². The van der Waals surface area contributed by atoms with Gasteiger partial charge in [0.1, 0.15) is 0 Å². The van der Waals surface area contributed by atoms with E-state index >= 15 is 0 Å². The lowest BCUT2D eigenvalue weighted by Gasteiger charge is -2.36. The van der Waals surface area contributed by atoms with Crippen LogP contribution in [0.3, 0.4) is 0 Å². The van der Waals surface area contributed by atoms with Crippen molar-refractivity contribution in [1.29, 1.82) is 0 Å². The van der Waals surface area contributed by atoms with Crippen LogP contribution < -0.4 is 5.32 Å². The van der Waals surface area contributed by atoms with Crippen LogP contribution in [0.2, 0.25) is 0 Å². The van der Waals surface area contributed by atoms with Gasteiger partial charge in [-0.3, -0.25) is 4.79 Å². The molecule has 0 aliphatic carbocycles. The van der Waals surface area contributed by atoms with Gasteiger partial charge in [-0.15, -0.1) is 0 Å². The normalized spacial score (nSPS) is 22.9. The van der Waals surface area contributed by atoms with Gasteiger partial charge < -0.3 is 10.2 Å². The Hall–Kier alpha value is -0.570. The minimum atomic E-state index is 0.232. The van der Waals surface area contributed by atoms with Crippen LogP contribution in [-0.2, 0) is 4.79 Å². The highest BCUT2D eigenvalue weighted by Gasteiger charge is 2.26. The van der Waals surface area contributed by atoms with Gasteiger partial charge in [-0.05, 0) is 19.8 Å². The van der Waals surface area contributed by atoms with Crippen molar-refractivity contribution in [3.63, 3.8) is 0 Å². The molecule has 0 unspecified atom stereocenters. The van der Waals surface area contributed by atoms with Crippen molar-refractivity contribution < 1.29 is 4.79 Å². The molecule has 0 aromatic heterocycles. The summed E-state index contributed by atoms with van der Waals surface area (Å²) in [5, 5.41) is 3.30. The third-order valence-electron chi connectivity index (χ3n) is 3.12. The highest BCUT2D eigenvalue weighted by atomic mass is 16.2. The Bertz CT molecular complexity index is 190. The van der Waals surface area contributed by atoms with Gasteiger partial charge in [0.2, 0.25) is 5.91 Å². The molecule has 3 heteroatoms. The van der Waals surface area contributed by atoms with Crippen molar-refractivity contribution in [2.75, 3.05) is 19.6 Å². The summed E-state index contributed by atoms with van der Waals surface area (Å²) in [6.07, 6.45) is 1.93. The van der Waals surface area contributed by atoms with Gasteiger partial charge in [-0.25, -0.2) is 0 Å². The molecule has 1 heterocycles. The average Bonchev–Trinajstić information content (AvgIpc) is 2.20. The van der Waals surface area contributed by atoms with Gasteiger partial charge in [0.05, 0.1) is 0 Å². The Morgan fingerprint density at radius 2 is 2.14 bits per heavy atom. The predicted molar refractivity (Wildman–Crippen MR) is 58.1 cm³/mol. The molecule has 1 atom stereocenters. The van der Waals surface area contributed by atoms with Crippen molar-refractivity contribution in [2.24, 2.45) is 5.92 Å². The molecule has 0 bridgehead atoms. The second kappa shape index (κ2) is 5.35. The zero-order valence-corrected chi connectivity index (χ0v) is 9.55. The lowest BCUT2D eigenvalue weighted by Crippen LogP contribution is -2.53. The quantitative estimate of drug-likeness (QED) is 0.740. The number of nitrogens with zero attached hydrogens (tertiary/aromatic N) is 1. The van der Waals surface area contributed by atoms with Crippen molar-refractivity contribution >= 4 is 5.91 Å². The fourth-order valence-electron chi connectivity index (χ4n) is 2.04. The first-order chi connectivity index (χ1) is 6.70. The molecule has 14 heavy (non-hydrogen) atoms. The Kier molecular flexibility index (Phi) is 4.39. The minimum Gasteiger partial charge on any atom is -0.337 e. The predicted octanol–water partition coefficient (Wildman–Crippen LogP) is 1.24. The van der Waals surface area contributed by atoms with Crippen molar-refractivity contribution in [1.82, 2.24) is 10.2 Å². The molecule has 0 saturated carbocycles. The van der Waals surface area contributed by atoms with Crippen molar-refractivity contribution in [2.45, 2.75) is 39.7 Å². The molecule has 3 nitrogen and oxygen atoms in total. The summed E-state index contributed by atoms with van der Waals surface area (Å²) < 4.78 is 0. The van der Waals surface area contributed by atoms with Crippen molar-refractivity contribution in [3.8, 4) is 0 Å². The Labute approximate surface area is 86.9 Å². The Morgan fingerprint density at radius 1 is 1.50 bits per heavy atom. The van der Waals surface area contributed by atoms with E-state index in [1.807, 2.05) is 4.90 Å². The summed E-state index contributed by atoms with van der Waals surface area (Å²) in [5.74, 6) is 0.583. The fraction of sp³-hybridized carbons (Fsp3) is 0.909. The average molecular weight is 198 g/mol. The van der Waals surface area contributed by atoms with E-state index in [0.717, 1.165) is 32.5 Å². The van der Waals surface area contributed by atoms with Crippen LogP contribution >= 0.6 is 0 Å². The molecule has 0 radical (unpaired) electrons. The summed E-state index contributed by atoms with van der Waals surface area (Å²) in [7, 11) is 0. The lowest BCUT2D eigenvalue weighted by molar-refractivity contribution is -0.138. The van der Waals surface area contributed by atoms with Crippen LogP contribution in [0.15, 0.2) is 0 Å². The fourth-order valence-corrected chi connectivity index (χ4v) is 2.04. The molecule has 82 valence electrons. The third kappa shape index (κ3) is 2.47. The number of nitrogens with one attached hydrogen (secondary N) is 1. The topological polar surface area (TPSA) is 32.3 Å². The van der Waals surface area contributed by atoms with E-state index in [1.54, 1.807) is 0 Å². The molecular formula is C11H22N2O.